The molecule has 0 aliphatic rings. The summed E-state index contributed by atoms with van der Waals surface area (Å²) in [7, 11) is 0. The summed E-state index contributed by atoms with van der Waals surface area (Å²) in [5.74, 6) is -0.532. The number of nitrogens with two attached hydrogens (primary N) is 2. The Morgan fingerprint density at radius 3 is 2.41 bits per heavy atom. The Morgan fingerprint density at radius 1 is 1.07 bits per heavy atom. The van der Waals surface area contributed by atoms with Crippen LogP contribution in [0.5, 0.6) is 0 Å². The predicted molar refractivity (Wildman–Crippen MR) is 111 cm³/mol. The van der Waals surface area contributed by atoms with Crippen LogP contribution in [0.4, 0.5) is 0 Å². The van der Waals surface area contributed by atoms with Crippen molar-refractivity contribution in [1.29, 1.82) is 0 Å². The zero-order chi connectivity index (χ0) is 19.4. The molecule has 1 atom stereocenters. The number of pyridine rings is 1. The Hall–Kier alpha value is -3.21. The normalized spacial score (nSPS) is 11.9. The molecule has 4 N–H and O–H groups in total. The van der Waals surface area contributed by atoms with Crippen molar-refractivity contribution in [3.63, 3.8) is 0 Å². The largest absolute Gasteiger partial charge is 0.370 e. The van der Waals surface area contributed by atoms with Gasteiger partial charge in [-0.15, -0.1) is 0 Å². The van der Waals surface area contributed by atoms with Gasteiger partial charge in [0.25, 0.3) is 5.91 Å². The second-order valence-corrected chi connectivity index (χ2v) is 6.66. The van der Waals surface area contributed by atoms with Gasteiger partial charge in [0.05, 0.1) is 16.8 Å². The average Bonchev–Trinajstić information content (AvgIpc) is 2.66. The molecule has 5 nitrogen and oxygen atoms in total. The van der Waals surface area contributed by atoms with Crippen LogP contribution in [-0.4, -0.2) is 16.9 Å². The highest BCUT2D eigenvalue weighted by atomic mass is 16.1. The van der Waals surface area contributed by atoms with E-state index in [4.69, 9.17) is 16.5 Å². The van der Waals surface area contributed by atoms with Crippen molar-refractivity contribution in [1.82, 2.24) is 4.98 Å². The van der Waals surface area contributed by atoms with E-state index in [0.29, 0.717) is 5.56 Å². The number of hydrogen-bond acceptors (Lipinski definition) is 2. The zero-order valence-corrected chi connectivity index (χ0v) is 15.6. The number of carbonyl (C=O) groups is 1. The molecule has 2 aromatic carbocycles. The first-order chi connectivity index (χ1) is 13.0. The first kappa shape index (κ1) is 18.6. The smallest absolute Gasteiger partial charge is 0.281 e. The fourth-order valence-electron chi connectivity index (χ4n) is 3.50. The van der Waals surface area contributed by atoms with Gasteiger partial charge >= 0.3 is 0 Å². The van der Waals surface area contributed by atoms with E-state index in [2.05, 4.69) is 18.8 Å². The van der Waals surface area contributed by atoms with Gasteiger partial charge in [0.2, 0.25) is 0 Å². The minimum atomic E-state index is -0.427. The molecule has 138 valence electrons. The lowest BCUT2D eigenvalue weighted by molar-refractivity contribution is 0.100. The highest BCUT2D eigenvalue weighted by Gasteiger charge is 2.24. The molecule has 0 aliphatic carbocycles. The molecule has 0 bridgehead atoms. The van der Waals surface area contributed by atoms with Gasteiger partial charge in [-0.2, -0.15) is 4.99 Å². The highest BCUT2D eigenvalue weighted by Crippen LogP contribution is 2.37. The quantitative estimate of drug-likeness (QED) is 0.526. The topological polar surface area (TPSA) is 94.4 Å². The van der Waals surface area contributed by atoms with Crippen LogP contribution in [0, 0.1) is 0 Å². The lowest BCUT2D eigenvalue weighted by Gasteiger charge is -2.20. The van der Waals surface area contributed by atoms with Gasteiger partial charge in [0, 0.05) is 10.9 Å². The van der Waals surface area contributed by atoms with Crippen LogP contribution in [0.3, 0.4) is 0 Å². The molecule has 0 fully saturated rings. The molecular weight excluding hydrogens is 336 g/mol. The van der Waals surface area contributed by atoms with E-state index < -0.39 is 5.91 Å². The number of nitrogens with zero attached hydrogens (tertiary/aromatic N) is 2. The Morgan fingerprint density at radius 2 is 1.74 bits per heavy atom. The molecule has 1 aromatic heterocycles. The van der Waals surface area contributed by atoms with E-state index in [1.54, 1.807) is 0 Å². The number of benzene rings is 2. The summed E-state index contributed by atoms with van der Waals surface area (Å²) in [5.41, 5.74) is 15.0. The Balaban J connectivity index is 2.42. The van der Waals surface area contributed by atoms with Crippen LogP contribution >= 0.6 is 0 Å². The monoisotopic (exact) mass is 360 g/mol. The Kier molecular flexibility index (Phi) is 5.50. The van der Waals surface area contributed by atoms with Crippen LogP contribution in [0.15, 0.2) is 59.6 Å². The molecule has 0 radical (unpaired) electrons. The fraction of sp³-hybridized carbons (Fsp3) is 0.227. The van der Waals surface area contributed by atoms with E-state index in [9.17, 15) is 4.79 Å². The number of para-hydroxylation sites is 1. The highest BCUT2D eigenvalue weighted by molar-refractivity contribution is 6.12. The Labute approximate surface area is 159 Å². The summed E-state index contributed by atoms with van der Waals surface area (Å²) in [4.78, 5) is 21.8. The summed E-state index contributed by atoms with van der Waals surface area (Å²) >= 11 is 0. The number of rotatable bonds is 5. The molecule has 27 heavy (non-hydrogen) atoms. The van der Waals surface area contributed by atoms with Gasteiger partial charge in [0.15, 0.2) is 5.96 Å². The number of carbonyl (C=O) groups excluding carboxylic acids is 1. The number of guanidine groups is 1. The van der Waals surface area contributed by atoms with Gasteiger partial charge < -0.3 is 11.5 Å². The minimum Gasteiger partial charge on any atom is -0.370 e. The number of amides is 1. The standard InChI is InChI=1S/C22H24N4O/c1-3-9-14(2)18-19(21(27)26-22(23)24)16-12-7-8-13-17(16)25-20(18)15-10-5-4-6-11-15/h4-8,10-14H,3,9H2,1-2H3,(H4,23,24,26,27). The third-order valence-electron chi connectivity index (χ3n) is 4.64. The lowest BCUT2D eigenvalue weighted by atomic mass is 9.86. The minimum absolute atomic E-state index is 0.135. The maximum absolute atomic E-state index is 13.0. The van der Waals surface area contributed by atoms with Crippen LogP contribution in [0.25, 0.3) is 22.2 Å². The van der Waals surface area contributed by atoms with Crippen LogP contribution in [-0.2, 0) is 0 Å². The molecule has 1 unspecified atom stereocenters. The Bertz CT molecular complexity index is 992. The van der Waals surface area contributed by atoms with E-state index in [1.807, 2.05) is 54.6 Å². The molecular formula is C22H24N4O. The third kappa shape index (κ3) is 3.82. The number of fused-ring (bicyclic) bond motifs is 1. The third-order valence-corrected chi connectivity index (χ3v) is 4.64. The second kappa shape index (κ2) is 7.99. The summed E-state index contributed by atoms with van der Waals surface area (Å²) in [6.45, 7) is 4.25. The fourth-order valence-corrected chi connectivity index (χ4v) is 3.50. The molecule has 1 amide bonds. The van der Waals surface area contributed by atoms with Gasteiger partial charge in [-0.1, -0.05) is 68.8 Å². The van der Waals surface area contributed by atoms with Crippen LogP contribution in [0.2, 0.25) is 0 Å². The van der Waals surface area contributed by atoms with Crippen molar-refractivity contribution in [2.75, 3.05) is 0 Å². The SMILES string of the molecule is CCCC(C)c1c(-c2ccccc2)nc2ccccc2c1C(=O)N=C(N)N. The summed E-state index contributed by atoms with van der Waals surface area (Å²) in [6.07, 6.45) is 1.93. The lowest BCUT2D eigenvalue weighted by Crippen LogP contribution is -2.24. The van der Waals surface area contributed by atoms with Gasteiger partial charge in [0.1, 0.15) is 0 Å². The molecule has 0 aliphatic heterocycles. The van der Waals surface area contributed by atoms with Gasteiger partial charge in [-0.3, -0.25) is 4.79 Å². The van der Waals surface area contributed by atoms with Crippen molar-refractivity contribution in [3.8, 4) is 11.3 Å². The van der Waals surface area contributed by atoms with Gasteiger partial charge in [-0.25, -0.2) is 4.98 Å². The van der Waals surface area contributed by atoms with Crippen LogP contribution in [0.1, 0.15) is 48.5 Å². The molecule has 5 heteroatoms. The van der Waals surface area contributed by atoms with Crippen molar-refractivity contribution in [2.24, 2.45) is 16.5 Å². The molecule has 0 spiro atoms. The van der Waals surface area contributed by atoms with E-state index in [1.165, 1.54) is 0 Å². The van der Waals surface area contributed by atoms with Crippen molar-refractivity contribution in [2.45, 2.75) is 32.6 Å². The number of aromatic nitrogens is 1. The van der Waals surface area contributed by atoms with Crippen molar-refractivity contribution < 1.29 is 4.79 Å². The second-order valence-electron chi connectivity index (χ2n) is 6.66. The maximum atomic E-state index is 13.0. The molecule has 0 saturated heterocycles. The van der Waals surface area contributed by atoms with E-state index >= 15 is 0 Å². The van der Waals surface area contributed by atoms with Crippen LogP contribution < -0.4 is 11.5 Å². The molecule has 3 rings (SSSR count). The van der Waals surface area contributed by atoms with E-state index in [-0.39, 0.29) is 11.9 Å². The predicted octanol–water partition coefficient (Wildman–Crippen LogP) is 4.22. The van der Waals surface area contributed by atoms with Gasteiger partial charge in [-0.05, 0) is 24.0 Å². The summed E-state index contributed by atoms with van der Waals surface area (Å²) in [5, 5.41) is 0.769. The molecule has 3 aromatic rings. The number of aliphatic imine (C=N–C) groups is 1. The average molecular weight is 360 g/mol. The maximum Gasteiger partial charge on any atom is 0.281 e. The first-order valence-electron chi connectivity index (χ1n) is 9.15. The summed E-state index contributed by atoms with van der Waals surface area (Å²) in [6, 6.07) is 17.5. The number of hydrogen-bond donors (Lipinski definition) is 2. The van der Waals surface area contributed by atoms with Crippen molar-refractivity contribution in [3.05, 3.63) is 65.7 Å². The summed E-state index contributed by atoms with van der Waals surface area (Å²) < 4.78 is 0. The zero-order valence-electron chi connectivity index (χ0n) is 15.6. The van der Waals surface area contributed by atoms with E-state index in [0.717, 1.165) is 40.6 Å². The molecule has 0 saturated carbocycles. The molecule has 1 heterocycles. The first-order valence-corrected chi connectivity index (χ1v) is 9.15. The van der Waals surface area contributed by atoms with Crippen molar-refractivity contribution >= 4 is 22.8 Å².